The highest BCUT2D eigenvalue weighted by Gasteiger charge is 2.07. The molecule has 0 aliphatic rings. The Balaban J connectivity index is 2.11. The van der Waals surface area contributed by atoms with Crippen molar-refractivity contribution in [1.29, 1.82) is 0 Å². The van der Waals surface area contributed by atoms with E-state index in [1.807, 2.05) is 19.1 Å². The summed E-state index contributed by atoms with van der Waals surface area (Å²) >= 11 is 5.74. The van der Waals surface area contributed by atoms with Gasteiger partial charge in [0, 0.05) is 0 Å². The Hall–Kier alpha value is -2.01. The molecule has 2 aromatic rings. The number of rotatable bonds is 4. The summed E-state index contributed by atoms with van der Waals surface area (Å²) in [7, 11) is 0. The predicted octanol–water partition coefficient (Wildman–Crippen LogP) is 2.95. The van der Waals surface area contributed by atoms with Crippen LogP contribution < -0.4 is 5.32 Å². The molecule has 2 rings (SSSR count). The number of halogens is 1. The summed E-state index contributed by atoms with van der Waals surface area (Å²) in [5.41, 5.74) is 0.0909. The molecule has 0 bridgehead atoms. The molecule has 0 radical (unpaired) electrons. The zero-order valence-electron chi connectivity index (χ0n) is 9.61. The van der Waals surface area contributed by atoms with Crippen LogP contribution in [0.15, 0.2) is 28.7 Å². The van der Waals surface area contributed by atoms with Gasteiger partial charge in [0.05, 0.1) is 12.1 Å². The van der Waals surface area contributed by atoms with Gasteiger partial charge < -0.3 is 14.8 Å². The van der Waals surface area contributed by atoms with Gasteiger partial charge in [-0.3, -0.25) is 0 Å². The van der Waals surface area contributed by atoms with Crippen LogP contribution >= 0.6 is 11.6 Å². The summed E-state index contributed by atoms with van der Waals surface area (Å²) < 4.78 is 5.37. The van der Waals surface area contributed by atoms with Crippen molar-refractivity contribution in [2.45, 2.75) is 13.5 Å². The Morgan fingerprint density at radius 3 is 2.89 bits per heavy atom. The number of nitrogens with zero attached hydrogens (tertiary/aromatic N) is 1. The fourth-order valence-corrected chi connectivity index (χ4v) is 1.68. The number of nitrogens with one attached hydrogen (secondary N) is 1. The lowest BCUT2D eigenvalue weighted by Crippen LogP contribution is -2.04. The van der Waals surface area contributed by atoms with Gasteiger partial charge in [0.25, 0.3) is 0 Å². The molecule has 0 saturated carbocycles. The number of hydrogen-bond acceptors (Lipinski definition) is 4. The van der Waals surface area contributed by atoms with Crippen LogP contribution in [0.1, 0.15) is 21.9 Å². The lowest BCUT2D eigenvalue weighted by atomic mass is 10.2. The van der Waals surface area contributed by atoms with Gasteiger partial charge in [0.1, 0.15) is 22.5 Å². The van der Waals surface area contributed by atoms with Crippen molar-refractivity contribution in [2.75, 3.05) is 5.32 Å². The first-order valence-electron chi connectivity index (χ1n) is 5.24. The van der Waals surface area contributed by atoms with Crippen molar-refractivity contribution in [3.05, 3.63) is 46.5 Å². The summed E-state index contributed by atoms with van der Waals surface area (Å²) in [5.74, 6) is 0.911. The summed E-state index contributed by atoms with van der Waals surface area (Å²) in [6, 6.07) is 6.41. The van der Waals surface area contributed by atoms with Crippen molar-refractivity contribution in [2.24, 2.45) is 0 Å². The monoisotopic (exact) mass is 266 g/mol. The van der Waals surface area contributed by atoms with Crippen LogP contribution in [0.5, 0.6) is 0 Å². The van der Waals surface area contributed by atoms with Gasteiger partial charge in [-0.15, -0.1) is 0 Å². The topological polar surface area (TPSA) is 75.4 Å². The molecule has 0 amide bonds. The lowest BCUT2D eigenvalue weighted by molar-refractivity contribution is 0.0697. The molecular weight excluding hydrogens is 256 g/mol. The van der Waals surface area contributed by atoms with E-state index in [1.54, 1.807) is 0 Å². The Bertz CT molecular complexity index is 580. The van der Waals surface area contributed by atoms with Crippen LogP contribution in [-0.2, 0) is 6.54 Å². The zero-order valence-corrected chi connectivity index (χ0v) is 10.4. The molecule has 0 aromatic carbocycles. The van der Waals surface area contributed by atoms with Crippen LogP contribution in [0, 0.1) is 6.92 Å². The Morgan fingerprint density at radius 2 is 2.28 bits per heavy atom. The largest absolute Gasteiger partial charge is 0.478 e. The molecule has 0 aliphatic carbocycles. The Morgan fingerprint density at radius 1 is 1.50 bits per heavy atom. The van der Waals surface area contributed by atoms with E-state index in [-0.39, 0.29) is 10.7 Å². The number of furan rings is 1. The van der Waals surface area contributed by atoms with Crippen LogP contribution in [0.3, 0.4) is 0 Å². The van der Waals surface area contributed by atoms with Gasteiger partial charge in [-0.1, -0.05) is 11.6 Å². The smallest absolute Gasteiger partial charge is 0.335 e. The number of aromatic nitrogens is 1. The van der Waals surface area contributed by atoms with E-state index in [0.717, 1.165) is 11.5 Å². The second kappa shape index (κ2) is 5.10. The highest BCUT2D eigenvalue weighted by Crippen LogP contribution is 2.16. The Kier molecular flexibility index (Phi) is 3.53. The predicted molar refractivity (Wildman–Crippen MR) is 67.0 cm³/mol. The molecule has 0 atom stereocenters. The lowest BCUT2D eigenvalue weighted by Gasteiger charge is -2.05. The van der Waals surface area contributed by atoms with Gasteiger partial charge in [0.15, 0.2) is 0 Å². The van der Waals surface area contributed by atoms with E-state index in [9.17, 15) is 4.79 Å². The molecule has 5 nitrogen and oxygen atoms in total. The third-order valence-corrected chi connectivity index (χ3v) is 2.47. The number of anilines is 1. The van der Waals surface area contributed by atoms with E-state index < -0.39 is 5.97 Å². The minimum Gasteiger partial charge on any atom is -0.478 e. The van der Waals surface area contributed by atoms with Crippen molar-refractivity contribution in [3.63, 3.8) is 0 Å². The number of aryl methyl sites for hydroxylation is 1. The first-order chi connectivity index (χ1) is 8.54. The first-order valence-corrected chi connectivity index (χ1v) is 5.62. The number of carboxylic acid groups (broad SMARTS) is 1. The molecule has 18 heavy (non-hydrogen) atoms. The summed E-state index contributed by atoms with van der Waals surface area (Å²) in [4.78, 5) is 14.8. The maximum atomic E-state index is 10.9. The van der Waals surface area contributed by atoms with Crippen LogP contribution in [-0.4, -0.2) is 16.1 Å². The first kappa shape index (κ1) is 12.4. The maximum Gasteiger partial charge on any atom is 0.335 e. The number of hydrogen-bond donors (Lipinski definition) is 2. The maximum absolute atomic E-state index is 10.9. The highest BCUT2D eigenvalue weighted by atomic mass is 35.5. The van der Waals surface area contributed by atoms with Gasteiger partial charge in [0.2, 0.25) is 0 Å². The minimum absolute atomic E-state index is 0.0909. The minimum atomic E-state index is -1.05. The SMILES string of the molecule is Cc1ccc(CNc2cc(C(=O)O)cc(Cl)n2)o1. The number of aromatic carboxylic acids is 1. The standard InChI is InChI=1S/C12H11ClN2O3/c1-7-2-3-9(18-7)6-14-11-5-8(12(16)17)4-10(13)15-11/h2-5H,6H2,1H3,(H,14,15)(H,16,17). The molecule has 6 heteroatoms. The molecule has 94 valence electrons. The number of carbonyl (C=O) groups is 1. The van der Waals surface area contributed by atoms with Gasteiger partial charge in [-0.25, -0.2) is 9.78 Å². The molecule has 2 N–H and O–H groups in total. The fraction of sp³-hybridized carbons (Fsp3) is 0.167. The average Bonchev–Trinajstić information content (AvgIpc) is 2.72. The summed E-state index contributed by atoms with van der Waals surface area (Å²) in [6.45, 7) is 2.27. The molecule has 0 aliphatic heterocycles. The molecular formula is C12H11ClN2O3. The normalized spacial score (nSPS) is 10.3. The van der Waals surface area contributed by atoms with E-state index in [2.05, 4.69) is 10.3 Å². The quantitative estimate of drug-likeness (QED) is 0.832. The average molecular weight is 267 g/mol. The van der Waals surface area contributed by atoms with E-state index in [0.29, 0.717) is 12.4 Å². The van der Waals surface area contributed by atoms with E-state index >= 15 is 0 Å². The van der Waals surface area contributed by atoms with Crippen molar-refractivity contribution in [1.82, 2.24) is 4.98 Å². The van der Waals surface area contributed by atoms with Crippen molar-refractivity contribution in [3.8, 4) is 0 Å². The molecule has 0 unspecified atom stereocenters. The summed E-state index contributed by atoms with van der Waals surface area (Å²) in [5, 5.41) is 12.0. The summed E-state index contributed by atoms with van der Waals surface area (Å²) in [6.07, 6.45) is 0. The Labute approximate surface area is 108 Å². The molecule has 2 heterocycles. The second-order valence-corrected chi connectivity index (χ2v) is 4.12. The van der Waals surface area contributed by atoms with Gasteiger partial charge >= 0.3 is 5.97 Å². The van der Waals surface area contributed by atoms with E-state index in [4.69, 9.17) is 21.1 Å². The number of carboxylic acids is 1. The van der Waals surface area contributed by atoms with Crippen LogP contribution in [0.25, 0.3) is 0 Å². The van der Waals surface area contributed by atoms with Gasteiger partial charge in [-0.2, -0.15) is 0 Å². The van der Waals surface area contributed by atoms with Gasteiger partial charge in [-0.05, 0) is 31.2 Å². The van der Waals surface area contributed by atoms with Crippen LogP contribution in [0.4, 0.5) is 5.82 Å². The highest BCUT2D eigenvalue weighted by molar-refractivity contribution is 6.29. The molecule has 0 spiro atoms. The van der Waals surface area contributed by atoms with Crippen molar-refractivity contribution < 1.29 is 14.3 Å². The molecule has 0 saturated heterocycles. The third kappa shape index (κ3) is 3.01. The third-order valence-electron chi connectivity index (χ3n) is 2.28. The number of pyridine rings is 1. The van der Waals surface area contributed by atoms with E-state index in [1.165, 1.54) is 12.1 Å². The molecule has 2 aromatic heterocycles. The van der Waals surface area contributed by atoms with Crippen LogP contribution in [0.2, 0.25) is 5.15 Å². The molecule has 0 fully saturated rings. The van der Waals surface area contributed by atoms with Crippen molar-refractivity contribution >= 4 is 23.4 Å². The zero-order chi connectivity index (χ0) is 13.1. The second-order valence-electron chi connectivity index (χ2n) is 3.73. The fourth-order valence-electron chi connectivity index (χ4n) is 1.47.